The van der Waals surface area contributed by atoms with Crippen LogP contribution in [0, 0.1) is 0 Å². The smallest absolute Gasteiger partial charge is 0.159 e. The fourth-order valence-corrected chi connectivity index (χ4v) is 6.76. The van der Waals surface area contributed by atoms with Gasteiger partial charge in [-0.3, -0.25) is 0 Å². The third-order valence-corrected chi connectivity index (χ3v) is 8.85. The lowest BCUT2D eigenvalue weighted by atomic mass is 10.1. The summed E-state index contributed by atoms with van der Waals surface area (Å²) in [5.41, 5.74) is 8.38. The summed E-state index contributed by atoms with van der Waals surface area (Å²) in [5, 5.41) is 4.72. The van der Waals surface area contributed by atoms with E-state index in [1.165, 1.54) is 10.8 Å². The minimum atomic E-state index is -0.182. The van der Waals surface area contributed by atoms with Crippen LogP contribution in [0.2, 0.25) is 0 Å². The second-order valence-corrected chi connectivity index (χ2v) is 11.5. The lowest BCUT2D eigenvalue weighted by Crippen LogP contribution is -2.35. The molecule has 0 bridgehead atoms. The van der Waals surface area contributed by atoms with E-state index in [9.17, 15) is 0 Å². The molecule has 214 valence electrons. The largest absolute Gasteiger partial charge is 0.456 e. The first-order valence-corrected chi connectivity index (χ1v) is 15.2. The summed E-state index contributed by atoms with van der Waals surface area (Å²) in [6.07, 6.45) is -0.182. The van der Waals surface area contributed by atoms with E-state index in [-0.39, 0.29) is 6.17 Å². The predicted molar refractivity (Wildman–Crippen MR) is 185 cm³/mol. The maximum atomic E-state index is 6.26. The summed E-state index contributed by atoms with van der Waals surface area (Å²) >= 11 is 0. The van der Waals surface area contributed by atoms with Gasteiger partial charge in [0.15, 0.2) is 5.84 Å². The molecule has 0 saturated carbocycles. The van der Waals surface area contributed by atoms with Gasteiger partial charge in [0.1, 0.15) is 23.2 Å². The maximum absolute atomic E-state index is 6.26. The zero-order valence-electron chi connectivity index (χ0n) is 24.6. The highest BCUT2D eigenvalue weighted by Crippen LogP contribution is 2.41. The summed E-state index contributed by atoms with van der Waals surface area (Å²) < 4.78 is 8.61. The summed E-state index contributed by atoms with van der Waals surface area (Å²) in [4.78, 5) is 12.4. The number of para-hydroxylation sites is 2. The van der Waals surface area contributed by atoms with Crippen LogP contribution in [-0.4, -0.2) is 28.2 Å². The van der Waals surface area contributed by atoms with Gasteiger partial charge in [-0.25, -0.2) is 9.98 Å². The van der Waals surface area contributed by atoms with Crippen molar-refractivity contribution in [2.45, 2.75) is 6.17 Å². The first kappa shape index (κ1) is 25.5. The van der Waals surface area contributed by atoms with Gasteiger partial charge in [-0.05, 0) is 54.1 Å². The first-order chi connectivity index (χ1) is 22.2. The number of aromatic nitrogens is 1. The van der Waals surface area contributed by atoms with E-state index >= 15 is 0 Å². The van der Waals surface area contributed by atoms with E-state index in [1.54, 1.807) is 0 Å². The second kappa shape index (κ2) is 10.1. The number of fused-ring (bicyclic) bond motifs is 7. The first-order valence-electron chi connectivity index (χ1n) is 15.2. The Morgan fingerprint density at radius 1 is 0.556 bits per heavy atom. The summed E-state index contributed by atoms with van der Waals surface area (Å²) in [7, 11) is 2.07. The van der Waals surface area contributed by atoms with E-state index in [1.807, 2.05) is 36.4 Å². The third-order valence-electron chi connectivity index (χ3n) is 8.85. The number of aliphatic imine (C=N–C) groups is 2. The van der Waals surface area contributed by atoms with E-state index in [0.29, 0.717) is 0 Å². The summed E-state index contributed by atoms with van der Waals surface area (Å²) in [6.45, 7) is 0. The minimum absolute atomic E-state index is 0.182. The Kier molecular flexibility index (Phi) is 5.72. The predicted octanol–water partition coefficient (Wildman–Crippen LogP) is 9.52. The highest BCUT2D eigenvalue weighted by Gasteiger charge is 2.27. The van der Waals surface area contributed by atoms with Crippen molar-refractivity contribution < 1.29 is 4.42 Å². The van der Waals surface area contributed by atoms with Crippen LogP contribution in [0.1, 0.15) is 22.9 Å². The number of amidine groups is 2. The van der Waals surface area contributed by atoms with Crippen molar-refractivity contribution in [3.63, 3.8) is 0 Å². The molecule has 0 radical (unpaired) electrons. The number of furan rings is 1. The van der Waals surface area contributed by atoms with Gasteiger partial charge in [0.05, 0.1) is 11.0 Å². The van der Waals surface area contributed by atoms with Crippen LogP contribution < -0.4 is 0 Å². The molecular formula is C40H28N4O. The average Bonchev–Trinajstić information content (AvgIpc) is 3.65. The highest BCUT2D eigenvalue weighted by molar-refractivity contribution is 6.27. The molecule has 9 rings (SSSR count). The lowest BCUT2D eigenvalue weighted by Gasteiger charge is -2.32. The molecule has 6 aromatic carbocycles. The number of hydrogen-bond donors (Lipinski definition) is 0. The lowest BCUT2D eigenvalue weighted by molar-refractivity contribution is 0.383. The van der Waals surface area contributed by atoms with E-state index in [0.717, 1.165) is 67.0 Å². The van der Waals surface area contributed by atoms with Crippen LogP contribution in [0.3, 0.4) is 0 Å². The Morgan fingerprint density at radius 2 is 1.24 bits per heavy atom. The fraction of sp³-hybridized carbons (Fsp3) is 0.0500. The van der Waals surface area contributed by atoms with Crippen molar-refractivity contribution >= 4 is 55.4 Å². The molecule has 0 saturated heterocycles. The van der Waals surface area contributed by atoms with Crippen LogP contribution in [-0.2, 0) is 0 Å². The van der Waals surface area contributed by atoms with Gasteiger partial charge in [-0.2, -0.15) is 0 Å². The van der Waals surface area contributed by atoms with Crippen LogP contribution in [0.5, 0.6) is 0 Å². The Balaban J connectivity index is 1.19. The molecule has 0 aliphatic carbocycles. The standard InChI is InChI=1S/C40H28N4O/c1-43-39(27-14-6-3-7-15-27)41-38(26-12-4-2-5-13-26)42-40(43)28-20-22-29(23-21-28)44-32-18-10-8-16-30(32)36-33(44)24-25-35-37(36)31-17-9-11-19-34(31)45-35/h2-25,39H,1H3. The molecule has 3 heterocycles. The number of benzene rings is 6. The summed E-state index contributed by atoms with van der Waals surface area (Å²) in [5.74, 6) is 1.62. The van der Waals surface area contributed by atoms with Crippen molar-refractivity contribution in [1.82, 2.24) is 9.47 Å². The Hall–Kier alpha value is -5.94. The molecule has 1 atom stereocenters. The molecule has 8 aromatic rings. The molecule has 1 unspecified atom stereocenters. The molecule has 0 fully saturated rings. The van der Waals surface area contributed by atoms with Crippen molar-refractivity contribution in [2.24, 2.45) is 9.98 Å². The number of rotatable bonds is 4. The topological polar surface area (TPSA) is 46.0 Å². The van der Waals surface area contributed by atoms with Gasteiger partial charge in [0.25, 0.3) is 0 Å². The fourth-order valence-electron chi connectivity index (χ4n) is 6.76. The Bertz CT molecular complexity index is 2430. The quantitative estimate of drug-likeness (QED) is 0.208. The molecule has 1 aliphatic heterocycles. The van der Waals surface area contributed by atoms with Gasteiger partial charge >= 0.3 is 0 Å². The zero-order chi connectivity index (χ0) is 29.9. The van der Waals surface area contributed by atoms with Gasteiger partial charge in [-0.1, -0.05) is 97.1 Å². The Morgan fingerprint density at radius 3 is 2.04 bits per heavy atom. The third kappa shape index (κ3) is 4.01. The van der Waals surface area contributed by atoms with E-state index < -0.39 is 0 Å². The Labute approximate surface area is 260 Å². The molecule has 0 spiro atoms. The molecule has 5 nitrogen and oxygen atoms in total. The second-order valence-electron chi connectivity index (χ2n) is 11.5. The van der Waals surface area contributed by atoms with Crippen molar-refractivity contribution in [2.75, 3.05) is 7.05 Å². The highest BCUT2D eigenvalue weighted by atomic mass is 16.3. The van der Waals surface area contributed by atoms with E-state index in [4.69, 9.17) is 14.4 Å². The molecular weight excluding hydrogens is 552 g/mol. The molecule has 2 aromatic heterocycles. The molecule has 45 heavy (non-hydrogen) atoms. The van der Waals surface area contributed by atoms with E-state index in [2.05, 4.69) is 126 Å². The molecule has 5 heteroatoms. The SMILES string of the molecule is CN1C(c2ccc(-n3c4ccccc4c4c5c(ccc43)oc3ccccc35)cc2)=NC(c2ccccc2)=NC1c1ccccc1. The maximum Gasteiger partial charge on any atom is 0.159 e. The van der Waals surface area contributed by atoms with Crippen molar-refractivity contribution in [3.8, 4) is 5.69 Å². The number of hydrogen-bond acceptors (Lipinski definition) is 4. The monoisotopic (exact) mass is 580 g/mol. The number of nitrogens with zero attached hydrogens (tertiary/aromatic N) is 4. The van der Waals surface area contributed by atoms with Gasteiger partial charge in [0, 0.05) is 45.4 Å². The van der Waals surface area contributed by atoms with Crippen LogP contribution in [0.15, 0.2) is 160 Å². The van der Waals surface area contributed by atoms with Crippen molar-refractivity contribution in [3.05, 3.63) is 162 Å². The normalized spacial score (nSPS) is 15.2. The average molecular weight is 581 g/mol. The molecule has 0 N–H and O–H groups in total. The van der Waals surface area contributed by atoms with Crippen LogP contribution >= 0.6 is 0 Å². The van der Waals surface area contributed by atoms with Gasteiger partial charge in [-0.15, -0.1) is 0 Å². The molecule has 1 aliphatic rings. The van der Waals surface area contributed by atoms with Crippen LogP contribution in [0.25, 0.3) is 49.4 Å². The van der Waals surface area contributed by atoms with Gasteiger partial charge < -0.3 is 13.9 Å². The zero-order valence-corrected chi connectivity index (χ0v) is 24.6. The minimum Gasteiger partial charge on any atom is -0.456 e. The van der Waals surface area contributed by atoms with Gasteiger partial charge in [0.2, 0.25) is 0 Å². The van der Waals surface area contributed by atoms with Crippen molar-refractivity contribution in [1.29, 1.82) is 0 Å². The summed E-state index contributed by atoms with van der Waals surface area (Å²) in [6, 6.07) is 50.6. The molecule has 0 amide bonds. The van der Waals surface area contributed by atoms with Crippen LogP contribution in [0.4, 0.5) is 0 Å².